The maximum atomic E-state index is 12.9. The van der Waals surface area contributed by atoms with Crippen LogP contribution < -0.4 is 10.6 Å². The zero-order chi connectivity index (χ0) is 19.3. The molecule has 2 aliphatic heterocycles. The summed E-state index contributed by atoms with van der Waals surface area (Å²) in [6.07, 6.45) is 1.80. The summed E-state index contributed by atoms with van der Waals surface area (Å²) >= 11 is 0. The van der Waals surface area contributed by atoms with Gasteiger partial charge < -0.3 is 15.4 Å². The van der Waals surface area contributed by atoms with E-state index in [0.717, 1.165) is 44.0 Å². The van der Waals surface area contributed by atoms with Crippen LogP contribution in [0.4, 0.5) is 0 Å². The van der Waals surface area contributed by atoms with Crippen molar-refractivity contribution in [2.45, 2.75) is 30.7 Å². The van der Waals surface area contributed by atoms with Gasteiger partial charge in [0.1, 0.15) is 0 Å². The summed E-state index contributed by atoms with van der Waals surface area (Å²) in [5.74, 6) is -0.382. The molecule has 0 aliphatic carbocycles. The van der Waals surface area contributed by atoms with Crippen molar-refractivity contribution in [3.63, 3.8) is 0 Å². The normalized spacial score (nSPS) is 19.5. The van der Waals surface area contributed by atoms with E-state index in [0.29, 0.717) is 32.5 Å². The van der Waals surface area contributed by atoms with Gasteiger partial charge in [-0.15, -0.1) is 24.8 Å². The summed E-state index contributed by atoms with van der Waals surface area (Å²) in [6.45, 7) is 5.48. The van der Waals surface area contributed by atoms with Crippen LogP contribution in [-0.4, -0.2) is 69.6 Å². The second-order valence-electron chi connectivity index (χ2n) is 7.36. The van der Waals surface area contributed by atoms with Crippen LogP contribution in [0.3, 0.4) is 0 Å². The molecule has 0 unspecified atom stereocenters. The summed E-state index contributed by atoms with van der Waals surface area (Å²) < 4.78 is 28.8. The van der Waals surface area contributed by atoms with Gasteiger partial charge in [-0.05, 0) is 37.1 Å². The lowest BCUT2D eigenvalue weighted by atomic mass is 9.95. The zero-order valence-corrected chi connectivity index (χ0v) is 19.1. The zero-order valence-electron chi connectivity index (χ0n) is 16.7. The molecular formula is C19H31Cl2N3O4S. The number of nitrogens with zero attached hydrogens (tertiary/aromatic N) is 1. The first-order valence-electron chi connectivity index (χ1n) is 9.48. The largest absolute Gasteiger partial charge is 0.379 e. The standard InChI is InChI=1S/C19H29N3O4S.2ClH/c1-27(24,25)19(6-8-20-9-7-19)18(23)21-14-16-4-2-3-5-17(16)15-22-10-12-26-13-11-22;;/h2-5,20H,6-15H2,1H3,(H,21,23);2*1H. The number of benzene rings is 1. The fourth-order valence-electron chi connectivity index (χ4n) is 3.82. The average Bonchev–Trinajstić information content (AvgIpc) is 2.67. The fraction of sp³-hybridized carbons (Fsp3) is 0.632. The number of hydrogen-bond acceptors (Lipinski definition) is 6. The van der Waals surface area contributed by atoms with Crippen molar-refractivity contribution in [2.24, 2.45) is 0 Å². The van der Waals surface area contributed by atoms with Crippen molar-refractivity contribution < 1.29 is 17.9 Å². The molecule has 3 rings (SSSR count). The number of morpholine rings is 1. The molecule has 1 amide bonds. The van der Waals surface area contributed by atoms with Gasteiger partial charge in [0, 0.05) is 32.4 Å². The highest BCUT2D eigenvalue weighted by Crippen LogP contribution is 2.28. The third-order valence-corrected chi connectivity index (χ3v) is 7.60. The van der Waals surface area contributed by atoms with E-state index in [1.54, 1.807) is 0 Å². The van der Waals surface area contributed by atoms with Crippen LogP contribution in [-0.2, 0) is 32.5 Å². The molecule has 10 heteroatoms. The van der Waals surface area contributed by atoms with E-state index < -0.39 is 14.6 Å². The number of nitrogens with one attached hydrogen (secondary N) is 2. The molecule has 2 saturated heterocycles. The van der Waals surface area contributed by atoms with E-state index in [9.17, 15) is 13.2 Å². The summed E-state index contributed by atoms with van der Waals surface area (Å²) in [5.41, 5.74) is 2.17. The molecule has 7 nitrogen and oxygen atoms in total. The van der Waals surface area contributed by atoms with Gasteiger partial charge in [-0.2, -0.15) is 0 Å². The van der Waals surface area contributed by atoms with Crippen LogP contribution >= 0.6 is 24.8 Å². The van der Waals surface area contributed by atoms with Crippen LogP contribution in [0.1, 0.15) is 24.0 Å². The molecule has 0 bridgehead atoms. The molecule has 2 fully saturated rings. The first-order valence-corrected chi connectivity index (χ1v) is 11.4. The Balaban J connectivity index is 0.00000210. The third kappa shape index (κ3) is 6.29. The second kappa shape index (κ2) is 11.5. The Hall–Kier alpha value is -0.900. The lowest BCUT2D eigenvalue weighted by molar-refractivity contribution is -0.124. The van der Waals surface area contributed by atoms with Crippen molar-refractivity contribution in [2.75, 3.05) is 45.6 Å². The predicted octanol–water partition coefficient (Wildman–Crippen LogP) is 1.15. The predicted molar refractivity (Wildman–Crippen MR) is 119 cm³/mol. The molecule has 0 radical (unpaired) electrons. The maximum absolute atomic E-state index is 12.9. The van der Waals surface area contributed by atoms with Crippen molar-refractivity contribution in [3.05, 3.63) is 35.4 Å². The molecule has 29 heavy (non-hydrogen) atoms. The number of halogens is 2. The van der Waals surface area contributed by atoms with E-state index in [1.165, 1.54) is 6.26 Å². The minimum absolute atomic E-state index is 0. The molecule has 0 spiro atoms. The Kier molecular flexibility index (Phi) is 10.3. The van der Waals surface area contributed by atoms with Crippen molar-refractivity contribution >= 4 is 40.6 Å². The van der Waals surface area contributed by atoms with E-state index in [-0.39, 0.29) is 30.7 Å². The smallest absolute Gasteiger partial charge is 0.241 e. The minimum Gasteiger partial charge on any atom is -0.379 e. The Labute approximate surface area is 185 Å². The summed E-state index contributed by atoms with van der Waals surface area (Å²) in [7, 11) is -3.50. The lowest BCUT2D eigenvalue weighted by Crippen LogP contribution is -2.57. The van der Waals surface area contributed by atoms with Crippen LogP contribution in [0.2, 0.25) is 0 Å². The molecule has 0 aromatic heterocycles. The first-order chi connectivity index (χ1) is 12.9. The Morgan fingerprint density at radius 1 is 1.14 bits per heavy atom. The molecule has 166 valence electrons. The number of piperidine rings is 1. The van der Waals surface area contributed by atoms with E-state index in [1.807, 2.05) is 18.2 Å². The van der Waals surface area contributed by atoms with Crippen molar-refractivity contribution in [1.29, 1.82) is 0 Å². The second-order valence-corrected chi connectivity index (χ2v) is 9.68. The van der Waals surface area contributed by atoms with E-state index in [4.69, 9.17) is 4.74 Å². The fourth-order valence-corrected chi connectivity index (χ4v) is 5.17. The monoisotopic (exact) mass is 467 g/mol. The van der Waals surface area contributed by atoms with Gasteiger partial charge in [-0.3, -0.25) is 9.69 Å². The number of ether oxygens (including phenoxy) is 1. The highest BCUT2D eigenvalue weighted by atomic mass is 35.5. The number of carbonyl (C=O) groups excluding carboxylic acids is 1. The molecule has 0 atom stereocenters. The van der Waals surface area contributed by atoms with Crippen LogP contribution in [0.25, 0.3) is 0 Å². The van der Waals surface area contributed by atoms with Gasteiger partial charge >= 0.3 is 0 Å². The third-order valence-electron chi connectivity index (χ3n) is 5.59. The van der Waals surface area contributed by atoms with Crippen LogP contribution in [0.15, 0.2) is 24.3 Å². The van der Waals surface area contributed by atoms with Gasteiger partial charge in [-0.25, -0.2) is 8.42 Å². The SMILES string of the molecule is CS(=O)(=O)C1(C(=O)NCc2ccccc2CN2CCOCC2)CCNCC1.Cl.Cl. The quantitative estimate of drug-likeness (QED) is 0.652. The average molecular weight is 468 g/mol. The number of carbonyl (C=O) groups is 1. The molecular weight excluding hydrogens is 437 g/mol. The first kappa shape index (κ1) is 26.1. The molecule has 2 N–H and O–H groups in total. The summed E-state index contributed by atoms with van der Waals surface area (Å²) in [5, 5.41) is 6.04. The van der Waals surface area contributed by atoms with Crippen molar-refractivity contribution in [3.8, 4) is 0 Å². The highest BCUT2D eigenvalue weighted by molar-refractivity contribution is 7.92. The molecule has 2 heterocycles. The summed E-state index contributed by atoms with van der Waals surface area (Å²) in [4.78, 5) is 15.2. The van der Waals surface area contributed by atoms with E-state index in [2.05, 4.69) is 21.6 Å². The van der Waals surface area contributed by atoms with Crippen LogP contribution in [0.5, 0.6) is 0 Å². The topological polar surface area (TPSA) is 87.7 Å². The van der Waals surface area contributed by atoms with Gasteiger partial charge in [0.15, 0.2) is 14.6 Å². The highest BCUT2D eigenvalue weighted by Gasteiger charge is 2.48. The minimum atomic E-state index is -3.50. The van der Waals surface area contributed by atoms with Gasteiger partial charge in [-0.1, -0.05) is 24.3 Å². The maximum Gasteiger partial charge on any atom is 0.241 e. The Bertz CT molecular complexity index is 764. The number of rotatable bonds is 6. The van der Waals surface area contributed by atoms with Gasteiger partial charge in [0.2, 0.25) is 5.91 Å². The van der Waals surface area contributed by atoms with Gasteiger partial charge in [0.05, 0.1) is 13.2 Å². The molecule has 1 aromatic carbocycles. The molecule has 2 aliphatic rings. The Morgan fingerprint density at radius 3 is 2.31 bits per heavy atom. The number of amides is 1. The van der Waals surface area contributed by atoms with E-state index >= 15 is 0 Å². The van der Waals surface area contributed by atoms with Gasteiger partial charge in [0.25, 0.3) is 0 Å². The molecule has 1 aromatic rings. The van der Waals surface area contributed by atoms with Crippen molar-refractivity contribution in [1.82, 2.24) is 15.5 Å². The Morgan fingerprint density at radius 2 is 1.72 bits per heavy atom. The van der Waals surface area contributed by atoms with Crippen LogP contribution in [0, 0.1) is 0 Å². The molecule has 0 saturated carbocycles. The lowest BCUT2D eigenvalue weighted by Gasteiger charge is -2.34. The summed E-state index contributed by atoms with van der Waals surface area (Å²) in [6, 6.07) is 7.99. The number of hydrogen-bond donors (Lipinski definition) is 2. The number of sulfone groups is 1.